The summed E-state index contributed by atoms with van der Waals surface area (Å²) >= 11 is 0. The normalized spacial score (nSPS) is 53.6. The van der Waals surface area contributed by atoms with Crippen LogP contribution in [0.1, 0.15) is 106 Å². The molecular weight excluding hydrogens is 596 g/mol. The van der Waals surface area contributed by atoms with Gasteiger partial charge in [0.25, 0.3) is 0 Å². The van der Waals surface area contributed by atoms with Crippen molar-refractivity contribution in [2.24, 2.45) is 51.1 Å². The van der Waals surface area contributed by atoms with E-state index in [4.69, 9.17) is 24.7 Å². The first-order valence-corrected chi connectivity index (χ1v) is 19.2. The molecule has 0 aromatic rings. The molecule has 14 atom stereocenters. The Hall–Kier alpha value is -0.360. The number of aliphatic hydroxyl groups excluding tert-OH is 2. The molecule has 8 aliphatic rings. The molecule has 0 aromatic heterocycles. The molecule has 9 heteroatoms. The first-order chi connectivity index (χ1) is 22.1. The minimum absolute atomic E-state index is 0.0277. The second-order valence-corrected chi connectivity index (χ2v) is 19.1. The minimum Gasteiger partial charge on any atom is -0.388 e. The highest BCUT2D eigenvalue weighted by Crippen LogP contribution is 2.87. The van der Waals surface area contributed by atoms with E-state index in [0.29, 0.717) is 18.4 Å². The zero-order valence-electron chi connectivity index (χ0n) is 30.0. The second-order valence-electron chi connectivity index (χ2n) is 19.1. The highest BCUT2D eigenvalue weighted by Gasteiger charge is 2.85. The van der Waals surface area contributed by atoms with Crippen LogP contribution in [0, 0.1) is 45.3 Å². The number of nitrogens with two attached hydrogens (primary N) is 1. The molecule has 3 heterocycles. The van der Waals surface area contributed by atoms with E-state index in [1.807, 2.05) is 0 Å². The van der Waals surface area contributed by atoms with Crippen molar-refractivity contribution in [3.8, 4) is 0 Å². The number of hydrogen-bond donors (Lipinski definition) is 4. The molecule has 0 bridgehead atoms. The highest BCUT2D eigenvalue weighted by molar-refractivity contribution is 5.35. The molecule has 3 saturated heterocycles. The molecule has 14 unspecified atom stereocenters. The Morgan fingerprint density at radius 2 is 1.66 bits per heavy atom. The smallest absolute Gasteiger partial charge is 0.170 e. The van der Waals surface area contributed by atoms with E-state index in [1.165, 1.54) is 19.3 Å². The summed E-state index contributed by atoms with van der Waals surface area (Å²) in [6.45, 7) is 17.1. The molecule has 5 aliphatic carbocycles. The lowest BCUT2D eigenvalue weighted by Crippen LogP contribution is -2.70. The van der Waals surface area contributed by atoms with Crippen LogP contribution in [0.15, 0.2) is 0 Å². The molecule has 5 N–H and O–H groups in total. The number of hydrogen-bond acceptors (Lipinski definition) is 9. The molecule has 5 saturated carbocycles. The molecule has 0 radical (unpaired) electrons. The van der Waals surface area contributed by atoms with Crippen molar-refractivity contribution >= 4 is 0 Å². The Morgan fingerprint density at radius 3 is 2.38 bits per heavy atom. The average Bonchev–Trinajstić information content (AvgIpc) is 3.67. The van der Waals surface area contributed by atoms with Crippen LogP contribution in [0.5, 0.6) is 0 Å². The van der Waals surface area contributed by atoms with E-state index < -0.39 is 35.6 Å². The van der Waals surface area contributed by atoms with Crippen LogP contribution in [0.3, 0.4) is 0 Å². The van der Waals surface area contributed by atoms with Crippen LogP contribution in [-0.4, -0.2) is 107 Å². The number of fused-ring (bicyclic) bond motifs is 4. The molecule has 0 aromatic carbocycles. The quantitative estimate of drug-likeness (QED) is 0.348. The van der Waals surface area contributed by atoms with E-state index in [9.17, 15) is 15.3 Å². The van der Waals surface area contributed by atoms with Crippen LogP contribution in [0.4, 0.5) is 0 Å². The number of aliphatic hydroxyl groups is 3. The Balaban J connectivity index is 1.01. The van der Waals surface area contributed by atoms with Gasteiger partial charge in [-0.15, -0.1) is 0 Å². The fraction of sp³-hybridized carbons (Fsp3) is 1.00. The van der Waals surface area contributed by atoms with Gasteiger partial charge in [0.1, 0.15) is 6.10 Å². The lowest BCUT2D eigenvalue weighted by molar-refractivity contribution is -0.249. The SMILES string of the molecule is CC1CC(C(O)C(C)(C)O)OC2C1C1(C)CCC34CC35CCC(OC3CN(C6CCOCC6)CCO3)C(C)(C)C5CCC4C1(N)C2O. The van der Waals surface area contributed by atoms with Gasteiger partial charge in [0.15, 0.2) is 6.29 Å². The van der Waals surface area contributed by atoms with E-state index in [2.05, 4.69) is 32.6 Å². The molecule has 2 spiro atoms. The topological polar surface area (TPSA) is 127 Å². The molecular formula is C38H64N2O7. The largest absolute Gasteiger partial charge is 0.388 e. The fourth-order valence-corrected chi connectivity index (χ4v) is 14.1. The van der Waals surface area contributed by atoms with Crippen molar-refractivity contribution in [2.45, 2.75) is 160 Å². The monoisotopic (exact) mass is 660 g/mol. The van der Waals surface area contributed by atoms with E-state index >= 15 is 0 Å². The van der Waals surface area contributed by atoms with Crippen molar-refractivity contribution in [2.75, 3.05) is 32.9 Å². The summed E-state index contributed by atoms with van der Waals surface area (Å²) in [6.07, 6.45) is 7.90. The van der Waals surface area contributed by atoms with Gasteiger partial charge in [-0.25, -0.2) is 0 Å². The van der Waals surface area contributed by atoms with Gasteiger partial charge >= 0.3 is 0 Å². The third kappa shape index (κ3) is 4.59. The van der Waals surface area contributed by atoms with Crippen molar-refractivity contribution in [1.82, 2.24) is 4.90 Å². The van der Waals surface area contributed by atoms with E-state index in [1.54, 1.807) is 13.8 Å². The predicted octanol–water partition coefficient (Wildman–Crippen LogP) is 3.85. The number of ether oxygens (including phenoxy) is 4. The highest BCUT2D eigenvalue weighted by atomic mass is 16.7. The van der Waals surface area contributed by atoms with Crippen LogP contribution < -0.4 is 5.73 Å². The Labute approximate surface area is 282 Å². The number of rotatable bonds is 5. The molecule has 9 nitrogen and oxygen atoms in total. The van der Waals surface area contributed by atoms with E-state index in [-0.39, 0.29) is 51.8 Å². The third-order valence-corrected chi connectivity index (χ3v) is 16.4. The van der Waals surface area contributed by atoms with Gasteiger partial charge < -0.3 is 40.0 Å². The third-order valence-electron chi connectivity index (χ3n) is 16.4. The first kappa shape index (κ1) is 33.8. The van der Waals surface area contributed by atoms with Crippen LogP contribution in [0.25, 0.3) is 0 Å². The summed E-state index contributed by atoms with van der Waals surface area (Å²) < 4.78 is 25.4. The van der Waals surface area contributed by atoms with Gasteiger partial charge in [-0.05, 0) is 123 Å². The first-order valence-electron chi connectivity index (χ1n) is 19.2. The van der Waals surface area contributed by atoms with Gasteiger partial charge in [0.05, 0.1) is 42.2 Å². The van der Waals surface area contributed by atoms with Gasteiger partial charge in [0.2, 0.25) is 0 Å². The summed E-state index contributed by atoms with van der Waals surface area (Å²) in [7, 11) is 0. The van der Waals surface area contributed by atoms with Crippen LogP contribution >= 0.6 is 0 Å². The maximum Gasteiger partial charge on any atom is 0.170 e. The Kier molecular flexibility index (Phi) is 7.95. The van der Waals surface area contributed by atoms with Crippen LogP contribution in [-0.2, 0) is 18.9 Å². The number of nitrogens with zero attached hydrogens (tertiary/aromatic N) is 1. The van der Waals surface area contributed by atoms with Gasteiger partial charge in [-0.3, -0.25) is 4.90 Å². The van der Waals surface area contributed by atoms with Crippen molar-refractivity contribution < 1.29 is 34.3 Å². The molecule has 8 fully saturated rings. The minimum atomic E-state index is -1.27. The summed E-state index contributed by atoms with van der Waals surface area (Å²) in [5.41, 5.74) is 5.95. The fourth-order valence-electron chi connectivity index (χ4n) is 14.1. The lowest BCUT2D eigenvalue weighted by Gasteiger charge is -2.63. The molecule has 268 valence electrons. The van der Waals surface area contributed by atoms with Gasteiger partial charge in [0, 0.05) is 32.3 Å². The summed E-state index contributed by atoms with van der Waals surface area (Å²) in [6, 6.07) is 0.573. The van der Waals surface area contributed by atoms with Crippen molar-refractivity contribution in [3.63, 3.8) is 0 Å². The van der Waals surface area contributed by atoms with E-state index in [0.717, 1.165) is 71.4 Å². The predicted molar refractivity (Wildman–Crippen MR) is 177 cm³/mol. The van der Waals surface area contributed by atoms with Gasteiger partial charge in [-0.2, -0.15) is 0 Å². The number of morpholine rings is 1. The van der Waals surface area contributed by atoms with Crippen molar-refractivity contribution in [1.29, 1.82) is 0 Å². The summed E-state index contributed by atoms with van der Waals surface area (Å²) in [4.78, 5) is 2.58. The van der Waals surface area contributed by atoms with Gasteiger partial charge in [-0.1, -0.05) is 27.7 Å². The van der Waals surface area contributed by atoms with Crippen LogP contribution in [0.2, 0.25) is 0 Å². The molecule has 3 aliphatic heterocycles. The molecule has 47 heavy (non-hydrogen) atoms. The summed E-state index contributed by atoms with van der Waals surface area (Å²) in [5.74, 6) is 1.18. The second kappa shape index (κ2) is 11.1. The summed E-state index contributed by atoms with van der Waals surface area (Å²) in [5, 5.41) is 34.0. The lowest BCUT2D eigenvalue weighted by atomic mass is 9.43. The maximum absolute atomic E-state index is 12.3. The van der Waals surface area contributed by atoms with Crippen molar-refractivity contribution in [3.05, 3.63) is 0 Å². The zero-order valence-corrected chi connectivity index (χ0v) is 30.0. The zero-order chi connectivity index (χ0) is 33.4. The average molecular weight is 661 g/mol. The molecule has 8 rings (SSSR count). The molecule has 0 amide bonds. The Morgan fingerprint density at radius 1 is 0.957 bits per heavy atom. The standard InChI is InChI=1S/C38H64N2O7/c1-22-19-24(31(41)34(4,5)43)46-30-29(22)35(6)13-14-37-21-36(37)12-9-27(33(2,3)25(36)7-8-26(37)38(35,39)32(30)42)47-28-20-40(15-18-45-28)23-10-16-44-17-11-23/h22-32,41-43H,7-21,39H2,1-6H3. The maximum atomic E-state index is 12.3. The Bertz CT molecular complexity index is 1200.